The Morgan fingerprint density at radius 1 is 1.00 bits per heavy atom. The number of carbonyl (C=O) groups excluding carboxylic acids is 2. The van der Waals surface area contributed by atoms with Crippen molar-refractivity contribution < 1.29 is 14.3 Å². The highest BCUT2D eigenvalue weighted by atomic mass is 16.5. The highest BCUT2D eigenvalue weighted by Crippen LogP contribution is 2.68. The molecular formula is C32H40O3. The number of carbonyl (C=O) groups is 2. The third-order valence-electron chi connectivity index (χ3n) is 10.7. The van der Waals surface area contributed by atoms with E-state index in [2.05, 4.69) is 63.2 Å². The average molecular weight is 473 g/mol. The molecule has 0 spiro atoms. The van der Waals surface area contributed by atoms with E-state index in [-0.39, 0.29) is 29.3 Å². The second-order valence-corrected chi connectivity index (χ2v) is 12.8. The van der Waals surface area contributed by atoms with Crippen molar-refractivity contribution in [3.05, 3.63) is 48.0 Å². The van der Waals surface area contributed by atoms with E-state index in [1.165, 1.54) is 22.8 Å². The van der Waals surface area contributed by atoms with Gasteiger partial charge >= 0.3 is 5.97 Å². The molecule has 6 rings (SSSR count). The lowest BCUT2D eigenvalue weighted by atomic mass is 9.43. The summed E-state index contributed by atoms with van der Waals surface area (Å²) in [5, 5.41) is 2.52. The summed E-state index contributed by atoms with van der Waals surface area (Å²) in [5.41, 5.74) is 0.694. The van der Waals surface area contributed by atoms with Gasteiger partial charge in [0.1, 0.15) is 11.9 Å². The molecular weight excluding hydrogens is 432 g/mol. The lowest BCUT2D eigenvalue weighted by Crippen LogP contribution is -2.64. The minimum Gasteiger partial charge on any atom is -0.462 e. The maximum absolute atomic E-state index is 14.1. The number of benzene rings is 2. The van der Waals surface area contributed by atoms with Gasteiger partial charge in [-0.25, -0.2) is 0 Å². The fourth-order valence-electron chi connectivity index (χ4n) is 8.82. The number of hydrogen-bond donors (Lipinski definition) is 0. The minimum atomic E-state index is -0.519. The molecule has 0 unspecified atom stereocenters. The molecule has 4 aliphatic carbocycles. The maximum atomic E-state index is 14.1. The van der Waals surface area contributed by atoms with E-state index in [0.717, 1.165) is 44.9 Å². The molecule has 0 aliphatic heterocycles. The Kier molecular flexibility index (Phi) is 5.62. The molecule has 0 bridgehead atoms. The normalized spacial score (nSPS) is 36.8. The Bertz CT molecular complexity index is 1150. The van der Waals surface area contributed by atoms with E-state index in [1.807, 2.05) is 0 Å². The summed E-state index contributed by atoms with van der Waals surface area (Å²) in [4.78, 5) is 27.0. The predicted molar refractivity (Wildman–Crippen MR) is 139 cm³/mol. The molecule has 0 heterocycles. The lowest BCUT2D eigenvalue weighted by molar-refractivity contribution is -0.207. The fourth-order valence-corrected chi connectivity index (χ4v) is 8.82. The summed E-state index contributed by atoms with van der Waals surface area (Å²) in [5.74, 6) is 1.88. The SMILES string of the molecule is C[C@@H]1CC[C@@H](C(C)(C)c2ccc3ccccc3c2)[C@H](OC(=O)[C@]23CCCC(=O)[C@H]2[C@@H]2CCC[C@@H]23)C1. The van der Waals surface area contributed by atoms with Crippen LogP contribution >= 0.6 is 0 Å². The van der Waals surface area contributed by atoms with Crippen LogP contribution in [0.1, 0.15) is 84.1 Å². The highest BCUT2D eigenvalue weighted by molar-refractivity contribution is 5.93. The van der Waals surface area contributed by atoms with Crippen LogP contribution in [-0.4, -0.2) is 17.9 Å². The standard InChI is InChI=1S/C32H40O3/c1-20-13-16-26(31(2,3)23-15-14-21-8-4-5-9-22(21)19-23)28(18-20)35-30(34)32-17-7-12-27(33)29(32)24-10-6-11-25(24)32/h4-5,8-9,14-15,19-20,24-26,28-29H,6-7,10-13,16-18H2,1-3H3/t20-,24-,25+,26-,28-,29-,32+/m1/s1. The summed E-state index contributed by atoms with van der Waals surface area (Å²) in [7, 11) is 0. The van der Waals surface area contributed by atoms with Gasteiger partial charge in [0, 0.05) is 18.3 Å². The molecule has 2 aromatic rings. The average Bonchev–Trinajstić information content (AvgIpc) is 3.26. The fraction of sp³-hybridized carbons (Fsp3) is 0.625. The second kappa shape index (κ2) is 8.46. The summed E-state index contributed by atoms with van der Waals surface area (Å²) in [6, 6.07) is 15.4. The van der Waals surface area contributed by atoms with Crippen LogP contribution in [0.2, 0.25) is 0 Å². The molecule has 7 atom stereocenters. The second-order valence-electron chi connectivity index (χ2n) is 12.8. The molecule has 0 saturated heterocycles. The van der Waals surface area contributed by atoms with Gasteiger partial charge in [-0.3, -0.25) is 9.59 Å². The first kappa shape index (κ1) is 23.3. The van der Waals surface area contributed by atoms with Gasteiger partial charge in [0.15, 0.2) is 0 Å². The van der Waals surface area contributed by atoms with Crippen molar-refractivity contribution in [3.8, 4) is 0 Å². The van der Waals surface area contributed by atoms with E-state index in [4.69, 9.17) is 4.74 Å². The molecule has 0 amide bonds. The Morgan fingerprint density at radius 2 is 1.80 bits per heavy atom. The zero-order chi connectivity index (χ0) is 24.4. The highest BCUT2D eigenvalue weighted by Gasteiger charge is 2.70. The number of rotatable bonds is 4. The van der Waals surface area contributed by atoms with Gasteiger partial charge in [-0.1, -0.05) is 76.1 Å². The minimum absolute atomic E-state index is 0.0305. The molecule has 2 aromatic carbocycles. The van der Waals surface area contributed by atoms with E-state index in [1.54, 1.807) is 0 Å². The molecule has 4 saturated carbocycles. The molecule has 3 nitrogen and oxygen atoms in total. The van der Waals surface area contributed by atoms with Crippen LogP contribution in [-0.2, 0) is 19.7 Å². The van der Waals surface area contributed by atoms with Crippen LogP contribution in [0.15, 0.2) is 42.5 Å². The van der Waals surface area contributed by atoms with Crippen molar-refractivity contribution >= 4 is 22.5 Å². The monoisotopic (exact) mass is 472 g/mol. The molecule has 0 aromatic heterocycles. The van der Waals surface area contributed by atoms with E-state index in [9.17, 15) is 9.59 Å². The van der Waals surface area contributed by atoms with Gasteiger partial charge in [-0.15, -0.1) is 0 Å². The largest absolute Gasteiger partial charge is 0.462 e. The van der Waals surface area contributed by atoms with Crippen LogP contribution in [0.5, 0.6) is 0 Å². The molecule has 4 aliphatic rings. The van der Waals surface area contributed by atoms with Gasteiger partial charge in [0.05, 0.1) is 5.41 Å². The number of ether oxygens (including phenoxy) is 1. The van der Waals surface area contributed by atoms with Gasteiger partial charge in [-0.05, 0) is 78.0 Å². The first-order valence-electron chi connectivity index (χ1n) is 14.1. The first-order chi connectivity index (χ1) is 16.8. The van der Waals surface area contributed by atoms with Crippen LogP contribution in [0, 0.1) is 35.0 Å². The Hall–Kier alpha value is -2.16. The quantitative estimate of drug-likeness (QED) is 0.440. The Balaban J connectivity index is 1.29. The number of fused-ring (bicyclic) bond motifs is 5. The zero-order valence-electron chi connectivity index (χ0n) is 21.6. The zero-order valence-corrected chi connectivity index (χ0v) is 21.6. The molecule has 0 N–H and O–H groups in total. The van der Waals surface area contributed by atoms with Crippen LogP contribution in [0.3, 0.4) is 0 Å². The summed E-state index contributed by atoms with van der Waals surface area (Å²) in [6.07, 6.45) is 8.81. The van der Waals surface area contributed by atoms with Crippen molar-refractivity contribution in [2.75, 3.05) is 0 Å². The van der Waals surface area contributed by atoms with Crippen molar-refractivity contribution in [1.82, 2.24) is 0 Å². The molecule has 4 fully saturated rings. The van der Waals surface area contributed by atoms with Crippen molar-refractivity contribution in [1.29, 1.82) is 0 Å². The van der Waals surface area contributed by atoms with E-state index >= 15 is 0 Å². The number of esters is 1. The molecule has 0 radical (unpaired) electrons. The van der Waals surface area contributed by atoms with E-state index < -0.39 is 5.41 Å². The third-order valence-corrected chi connectivity index (χ3v) is 10.7. The number of hydrogen-bond acceptors (Lipinski definition) is 3. The smallest absolute Gasteiger partial charge is 0.313 e. The van der Waals surface area contributed by atoms with Crippen LogP contribution in [0.4, 0.5) is 0 Å². The first-order valence-corrected chi connectivity index (χ1v) is 14.1. The lowest BCUT2D eigenvalue weighted by Gasteiger charge is -2.59. The van der Waals surface area contributed by atoms with Crippen molar-refractivity contribution in [2.45, 2.75) is 90.1 Å². The van der Waals surface area contributed by atoms with E-state index in [0.29, 0.717) is 30.0 Å². The summed E-state index contributed by atoms with van der Waals surface area (Å²) >= 11 is 0. The summed E-state index contributed by atoms with van der Waals surface area (Å²) < 4.78 is 6.60. The molecule has 3 heteroatoms. The Labute approximate surface area is 210 Å². The van der Waals surface area contributed by atoms with Gasteiger partial charge in [0.2, 0.25) is 0 Å². The van der Waals surface area contributed by atoms with Gasteiger partial charge < -0.3 is 4.74 Å². The van der Waals surface area contributed by atoms with Crippen LogP contribution < -0.4 is 0 Å². The molecule has 186 valence electrons. The predicted octanol–water partition coefficient (Wildman–Crippen LogP) is 7.25. The van der Waals surface area contributed by atoms with Gasteiger partial charge in [0.25, 0.3) is 0 Å². The Morgan fingerprint density at radius 3 is 2.63 bits per heavy atom. The number of ketones is 1. The molecule has 35 heavy (non-hydrogen) atoms. The summed E-state index contributed by atoms with van der Waals surface area (Å²) in [6.45, 7) is 6.96. The topological polar surface area (TPSA) is 43.4 Å². The van der Waals surface area contributed by atoms with Gasteiger partial charge in [-0.2, -0.15) is 0 Å². The van der Waals surface area contributed by atoms with Crippen molar-refractivity contribution in [2.24, 2.45) is 35.0 Å². The number of Topliss-reactive ketones (excluding diaryl/α,β-unsaturated/α-hetero) is 1. The van der Waals surface area contributed by atoms with Crippen molar-refractivity contribution in [3.63, 3.8) is 0 Å². The maximum Gasteiger partial charge on any atom is 0.313 e. The third kappa shape index (κ3) is 3.51. The van der Waals surface area contributed by atoms with Crippen LogP contribution in [0.25, 0.3) is 10.8 Å².